The summed E-state index contributed by atoms with van der Waals surface area (Å²) >= 11 is 0. The van der Waals surface area contributed by atoms with E-state index in [0.717, 1.165) is 23.7 Å². The van der Waals surface area contributed by atoms with Gasteiger partial charge in [-0.05, 0) is 31.2 Å². The molecule has 0 amide bonds. The predicted octanol–water partition coefficient (Wildman–Crippen LogP) is 3.04. The number of para-hydroxylation sites is 1. The molecule has 3 rings (SSSR count). The minimum atomic E-state index is 0.488. The molecule has 23 heavy (non-hydrogen) atoms. The van der Waals surface area contributed by atoms with E-state index in [9.17, 15) is 0 Å². The van der Waals surface area contributed by atoms with Crippen LogP contribution in [0.5, 0.6) is 0 Å². The summed E-state index contributed by atoms with van der Waals surface area (Å²) in [5, 5.41) is 11.3. The van der Waals surface area contributed by atoms with Gasteiger partial charge in [0.15, 0.2) is 5.82 Å². The third kappa shape index (κ3) is 3.79. The summed E-state index contributed by atoms with van der Waals surface area (Å²) in [5.74, 6) is 1.25. The Kier molecular flexibility index (Phi) is 4.73. The van der Waals surface area contributed by atoms with Gasteiger partial charge in [0.1, 0.15) is 0 Å². The Balaban J connectivity index is 1.76. The number of nitrogens with zero attached hydrogens (tertiary/aromatic N) is 5. The lowest BCUT2D eigenvalue weighted by molar-refractivity contribution is 0.899. The Morgan fingerprint density at radius 3 is 2.61 bits per heavy atom. The second-order valence-electron chi connectivity index (χ2n) is 4.89. The van der Waals surface area contributed by atoms with Gasteiger partial charge in [-0.25, -0.2) is 0 Å². The van der Waals surface area contributed by atoms with Crippen molar-refractivity contribution in [1.29, 1.82) is 0 Å². The van der Waals surface area contributed by atoms with Crippen molar-refractivity contribution >= 4 is 17.5 Å². The third-order valence-electron chi connectivity index (χ3n) is 3.36. The molecule has 0 aliphatic rings. The molecular weight excluding hydrogens is 288 g/mol. The van der Waals surface area contributed by atoms with Crippen LogP contribution in [0.4, 0.5) is 17.5 Å². The Morgan fingerprint density at radius 1 is 1.04 bits per heavy atom. The van der Waals surface area contributed by atoms with Crippen LogP contribution in [0.2, 0.25) is 0 Å². The van der Waals surface area contributed by atoms with Crippen LogP contribution < -0.4 is 10.2 Å². The molecule has 0 aliphatic heterocycles. The number of aromatic nitrogens is 4. The Bertz CT molecular complexity index is 732. The second kappa shape index (κ2) is 7.31. The van der Waals surface area contributed by atoms with Gasteiger partial charge in [-0.3, -0.25) is 4.98 Å². The topological polar surface area (TPSA) is 66.8 Å². The molecule has 2 aromatic heterocycles. The van der Waals surface area contributed by atoms with E-state index < -0.39 is 0 Å². The van der Waals surface area contributed by atoms with Crippen LogP contribution in [0.15, 0.2) is 60.9 Å². The van der Waals surface area contributed by atoms with Gasteiger partial charge in [-0.15, -0.1) is 5.10 Å². The van der Waals surface area contributed by atoms with E-state index in [1.165, 1.54) is 0 Å². The maximum Gasteiger partial charge on any atom is 0.245 e. The minimum absolute atomic E-state index is 0.488. The van der Waals surface area contributed by atoms with Gasteiger partial charge in [-0.1, -0.05) is 24.3 Å². The molecule has 1 N–H and O–H groups in total. The number of pyridine rings is 1. The minimum Gasteiger partial charge on any atom is -0.347 e. The molecule has 0 atom stereocenters. The fraction of sp³-hybridized carbons (Fsp3) is 0.176. The quantitative estimate of drug-likeness (QED) is 0.755. The van der Waals surface area contributed by atoms with E-state index in [1.54, 1.807) is 12.4 Å². The molecule has 0 radical (unpaired) electrons. The molecule has 0 fully saturated rings. The Labute approximate surface area is 135 Å². The molecule has 0 saturated carbocycles. The zero-order valence-electron chi connectivity index (χ0n) is 12.9. The van der Waals surface area contributed by atoms with Gasteiger partial charge >= 0.3 is 0 Å². The fourth-order valence-electron chi connectivity index (χ4n) is 2.26. The van der Waals surface area contributed by atoms with Crippen LogP contribution in [0.1, 0.15) is 12.6 Å². The Morgan fingerprint density at radius 2 is 1.87 bits per heavy atom. The second-order valence-corrected chi connectivity index (χ2v) is 4.89. The molecule has 1 aromatic carbocycles. The number of nitrogens with one attached hydrogen (secondary N) is 1. The SMILES string of the molecule is CCN(c1ccccc1)c1cnnc(NCc2ccccn2)n1. The smallest absolute Gasteiger partial charge is 0.245 e. The lowest BCUT2D eigenvalue weighted by Gasteiger charge is -2.21. The van der Waals surface area contributed by atoms with E-state index in [2.05, 4.69) is 37.3 Å². The Hall–Kier alpha value is -3.02. The summed E-state index contributed by atoms with van der Waals surface area (Å²) in [4.78, 5) is 10.9. The highest BCUT2D eigenvalue weighted by atomic mass is 15.3. The summed E-state index contributed by atoms with van der Waals surface area (Å²) in [6.07, 6.45) is 3.43. The molecule has 0 saturated heterocycles. The van der Waals surface area contributed by atoms with Gasteiger partial charge in [0, 0.05) is 18.4 Å². The van der Waals surface area contributed by atoms with Crippen molar-refractivity contribution < 1.29 is 0 Å². The van der Waals surface area contributed by atoms with Crippen LogP contribution in [-0.4, -0.2) is 26.7 Å². The molecule has 116 valence electrons. The first-order chi connectivity index (χ1) is 11.4. The average Bonchev–Trinajstić information content (AvgIpc) is 2.63. The third-order valence-corrected chi connectivity index (χ3v) is 3.36. The van der Waals surface area contributed by atoms with Crippen LogP contribution in [0.25, 0.3) is 0 Å². The first kappa shape index (κ1) is 14.9. The number of rotatable bonds is 6. The fourth-order valence-corrected chi connectivity index (χ4v) is 2.26. The van der Waals surface area contributed by atoms with Crippen molar-refractivity contribution in [3.05, 3.63) is 66.6 Å². The first-order valence-electron chi connectivity index (χ1n) is 7.53. The zero-order valence-corrected chi connectivity index (χ0v) is 12.9. The molecule has 2 heterocycles. The molecule has 3 aromatic rings. The van der Waals surface area contributed by atoms with E-state index >= 15 is 0 Å². The highest BCUT2D eigenvalue weighted by molar-refractivity contribution is 5.59. The van der Waals surface area contributed by atoms with Gasteiger partial charge in [0.05, 0.1) is 18.4 Å². The van der Waals surface area contributed by atoms with E-state index in [0.29, 0.717) is 12.5 Å². The van der Waals surface area contributed by atoms with Gasteiger partial charge in [0.25, 0.3) is 0 Å². The van der Waals surface area contributed by atoms with Crippen LogP contribution in [0.3, 0.4) is 0 Å². The standard InChI is InChI=1S/C17H18N6/c1-2-23(15-9-4-3-5-10-15)16-13-20-22-17(21-16)19-12-14-8-6-7-11-18-14/h3-11,13H,2,12H2,1H3,(H,19,21,22). The molecule has 6 heteroatoms. The maximum absolute atomic E-state index is 4.55. The van der Waals surface area contributed by atoms with Crippen molar-refractivity contribution in [3.63, 3.8) is 0 Å². The highest BCUT2D eigenvalue weighted by Crippen LogP contribution is 2.22. The lowest BCUT2D eigenvalue weighted by Crippen LogP contribution is -2.18. The van der Waals surface area contributed by atoms with Crippen LogP contribution in [0, 0.1) is 0 Å². The van der Waals surface area contributed by atoms with Crippen LogP contribution >= 0.6 is 0 Å². The number of benzene rings is 1. The number of anilines is 3. The van der Waals surface area contributed by atoms with Gasteiger partial charge in [-0.2, -0.15) is 10.1 Å². The van der Waals surface area contributed by atoms with Crippen molar-refractivity contribution in [2.75, 3.05) is 16.8 Å². The number of hydrogen-bond donors (Lipinski definition) is 1. The predicted molar refractivity (Wildman–Crippen MR) is 90.5 cm³/mol. The van der Waals surface area contributed by atoms with Crippen molar-refractivity contribution in [2.45, 2.75) is 13.5 Å². The summed E-state index contributed by atoms with van der Waals surface area (Å²) in [5.41, 5.74) is 2.00. The normalized spacial score (nSPS) is 10.3. The maximum atomic E-state index is 4.55. The van der Waals surface area contributed by atoms with Gasteiger partial charge in [0.2, 0.25) is 5.95 Å². The van der Waals surface area contributed by atoms with Crippen molar-refractivity contribution in [3.8, 4) is 0 Å². The first-order valence-corrected chi connectivity index (χ1v) is 7.53. The van der Waals surface area contributed by atoms with Gasteiger partial charge < -0.3 is 10.2 Å². The molecule has 0 aliphatic carbocycles. The molecule has 0 bridgehead atoms. The van der Waals surface area contributed by atoms with E-state index in [4.69, 9.17) is 0 Å². The van der Waals surface area contributed by atoms with Crippen molar-refractivity contribution in [1.82, 2.24) is 20.2 Å². The van der Waals surface area contributed by atoms with E-state index in [1.807, 2.05) is 48.5 Å². The number of hydrogen-bond acceptors (Lipinski definition) is 6. The highest BCUT2D eigenvalue weighted by Gasteiger charge is 2.10. The lowest BCUT2D eigenvalue weighted by atomic mass is 10.3. The molecule has 6 nitrogen and oxygen atoms in total. The summed E-state index contributed by atoms with van der Waals surface area (Å²) in [6, 6.07) is 15.9. The van der Waals surface area contributed by atoms with Crippen molar-refractivity contribution in [2.24, 2.45) is 0 Å². The summed E-state index contributed by atoms with van der Waals surface area (Å²) in [7, 11) is 0. The monoisotopic (exact) mass is 306 g/mol. The van der Waals surface area contributed by atoms with Crippen LogP contribution in [-0.2, 0) is 6.54 Å². The zero-order chi connectivity index (χ0) is 15.9. The van der Waals surface area contributed by atoms with E-state index in [-0.39, 0.29) is 0 Å². The molecule has 0 spiro atoms. The molecule has 0 unspecified atom stereocenters. The summed E-state index contributed by atoms with van der Waals surface area (Å²) < 4.78 is 0. The average molecular weight is 306 g/mol. The molecular formula is C17H18N6. The largest absolute Gasteiger partial charge is 0.347 e. The summed E-state index contributed by atoms with van der Waals surface area (Å²) in [6.45, 7) is 3.43.